The topological polar surface area (TPSA) is 122 Å². The number of aromatic nitrogens is 3. The monoisotopic (exact) mass is 648 g/mol. The maximum Gasteiger partial charge on any atom is 0.417 e. The lowest BCUT2D eigenvalue weighted by Gasteiger charge is -2.44. The Labute approximate surface area is 260 Å². The molecule has 1 amide bonds. The fraction of sp³-hybridized carbons (Fsp3) is 0.533. The lowest BCUT2D eigenvalue weighted by molar-refractivity contribution is -0.149. The molecule has 0 bridgehead atoms. The molecule has 3 atom stereocenters. The number of carbonyl (C=O) groups is 1. The van der Waals surface area contributed by atoms with E-state index >= 15 is 4.39 Å². The van der Waals surface area contributed by atoms with Crippen LogP contribution in [0, 0.1) is 18.6 Å². The largest absolute Gasteiger partial charge is 0.472 e. The molecule has 16 heteroatoms. The molecular weight excluding hydrogens is 615 g/mol. The van der Waals surface area contributed by atoms with E-state index in [0.717, 1.165) is 26.0 Å². The molecule has 46 heavy (non-hydrogen) atoms. The number of fused-ring (bicyclic) bond motifs is 3. The van der Waals surface area contributed by atoms with Crippen LogP contribution in [-0.2, 0) is 11.0 Å². The van der Waals surface area contributed by atoms with Gasteiger partial charge in [-0.15, -0.1) is 0 Å². The first-order chi connectivity index (χ1) is 21.8. The zero-order valence-electron chi connectivity index (χ0n) is 25.5. The SMILES string of the molecule is Cc1c(F)c(N)cc(-c2nc3c4c(nc(OC[C@]56CCCN5CCN(C)C6=O)nc4c2F)N2CCNC[C@H]2[C@H](C)O3)c1C(F)(F)F. The Morgan fingerprint density at radius 3 is 2.70 bits per heavy atom. The summed E-state index contributed by atoms with van der Waals surface area (Å²) < 4.78 is 86.7. The van der Waals surface area contributed by atoms with Crippen LogP contribution in [0.15, 0.2) is 6.07 Å². The van der Waals surface area contributed by atoms with E-state index in [2.05, 4.69) is 25.2 Å². The number of nitrogens with zero attached hydrogens (tertiary/aromatic N) is 6. The van der Waals surface area contributed by atoms with Crippen LogP contribution >= 0.6 is 0 Å². The van der Waals surface area contributed by atoms with Crippen LogP contribution in [0.2, 0.25) is 0 Å². The first-order valence-electron chi connectivity index (χ1n) is 15.2. The fourth-order valence-electron chi connectivity index (χ4n) is 7.31. The Bertz CT molecular complexity index is 1760. The second-order valence-electron chi connectivity index (χ2n) is 12.4. The van der Waals surface area contributed by atoms with E-state index < -0.39 is 57.5 Å². The lowest BCUT2D eigenvalue weighted by Crippen LogP contribution is -2.64. The van der Waals surface area contributed by atoms with Crippen LogP contribution in [0.4, 0.5) is 33.5 Å². The highest BCUT2D eigenvalue weighted by Crippen LogP contribution is 2.46. The summed E-state index contributed by atoms with van der Waals surface area (Å²) in [4.78, 5) is 32.4. The van der Waals surface area contributed by atoms with Crippen molar-refractivity contribution in [2.45, 2.75) is 50.6 Å². The molecule has 6 heterocycles. The molecule has 11 nitrogen and oxygen atoms in total. The second kappa shape index (κ2) is 10.8. The highest BCUT2D eigenvalue weighted by Gasteiger charge is 2.52. The van der Waals surface area contributed by atoms with Crippen molar-refractivity contribution in [3.8, 4) is 23.1 Å². The summed E-state index contributed by atoms with van der Waals surface area (Å²) in [5.74, 6) is -2.48. The quantitative estimate of drug-likeness (QED) is 0.323. The van der Waals surface area contributed by atoms with Crippen molar-refractivity contribution in [2.24, 2.45) is 0 Å². The van der Waals surface area contributed by atoms with E-state index in [9.17, 15) is 22.4 Å². The maximum atomic E-state index is 16.7. The summed E-state index contributed by atoms with van der Waals surface area (Å²) in [5, 5.41) is 3.36. The summed E-state index contributed by atoms with van der Waals surface area (Å²) >= 11 is 0. The van der Waals surface area contributed by atoms with Crippen LogP contribution in [-0.4, -0.2) is 101 Å². The van der Waals surface area contributed by atoms with Crippen molar-refractivity contribution in [3.63, 3.8) is 0 Å². The Balaban J connectivity index is 1.43. The van der Waals surface area contributed by atoms with Gasteiger partial charge in [0.05, 0.1) is 17.3 Å². The van der Waals surface area contributed by atoms with Gasteiger partial charge in [-0.05, 0) is 44.9 Å². The number of rotatable bonds is 4. The summed E-state index contributed by atoms with van der Waals surface area (Å²) in [7, 11) is 1.73. The number of likely N-dealkylation sites (N-methyl/N-ethyl adjacent to an activating group) is 1. The van der Waals surface area contributed by atoms with Crippen LogP contribution in [0.25, 0.3) is 22.2 Å². The maximum absolute atomic E-state index is 16.7. The van der Waals surface area contributed by atoms with Crippen molar-refractivity contribution in [1.82, 2.24) is 30.1 Å². The van der Waals surface area contributed by atoms with Gasteiger partial charge in [-0.3, -0.25) is 9.69 Å². The molecule has 4 aliphatic rings. The van der Waals surface area contributed by atoms with Crippen molar-refractivity contribution in [2.75, 3.05) is 63.6 Å². The van der Waals surface area contributed by atoms with Crippen molar-refractivity contribution < 1.29 is 36.2 Å². The summed E-state index contributed by atoms with van der Waals surface area (Å²) in [6.45, 7) is 6.10. The van der Waals surface area contributed by atoms with E-state index in [4.69, 9.17) is 15.2 Å². The average Bonchev–Trinajstić information content (AvgIpc) is 3.40. The normalized spacial score (nSPS) is 24.9. The zero-order valence-corrected chi connectivity index (χ0v) is 25.5. The minimum atomic E-state index is -5.07. The third-order valence-electron chi connectivity index (χ3n) is 9.69. The van der Waals surface area contributed by atoms with Crippen molar-refractivity contribution in [3.05, 3.63) is 28.8 Å². The van der Waals surface area contributed by atoms with Gasteiger partial charge in [-0.2, -0.15) is 23.1 Å². The Hall–Kier alpha value is -4.05. The summed E-state index contributed by atoms with van der Waals surface area (Å²) in [5.41, 5.74) is 0.122. The van der Waals surface area contributed by atoms with Gasteiger partial charge in [0, 0.05) is 45.3 Å². The number of nitrogens with two attached hydrogens (primary N) is 1. The van der Waals surface area contributed by atoms with Gasteiger partial charge in [0.1, 0.15) is 46.5 Å². The summed E-state index contributed by atoms with van der Waals surface area (Å²) in [6.07, 6.45) is -4.27. The number of hydrogen-bond acceptors (Lipinski definition) is 10. The van der Waals surface area contributed by atoms with Gasteiger partial charge >= 0.3 is 12.2 Å². The van der Waals surface area contributed by atoms with E-state index in [-0.39, 0.29) is 47.2 Å². The first kappa shape index (κ1) is 30.6. The third kappa shape index (κ3) is 4.59. The molecule has 7 rings (SSSR count). The predicted molar refractivity (Wildman–Crippen MR) is 158 cm³/mol. The number of halogens is 5. The molecule has 0 saturated carbocycles. The van der Waals surface area contributed by atoms with Gasteiger partial charge < -0.3 is 30.3 Å². The lowest BCUT2D eigenvalue weighted by atomic mass is 9.93. The average molecular weight is 649 g/mol. The van der Waals surface area contributed by atoms with Gasteiger partial charge in [-0.1, -0.05) is 0 Å². The van der Waals surface area contributed by atoms with Gasteiger partial charge in [-0.25, -0.2) is 13.8 Å². The van der Waals surface area contributed by atoms with E-state index in [0.29, 0.717) is 39.1 Å². The number of amides is 1. The number of carbonyl (C=O) groups excluding carboxylic acids is 1. The standard InChI is InChI=1S/C30H33F5N8O3/c1-14-20(30(33,34)35)16(11-17(36)21(14)31)23-22(32)24-19-25(43-8-6-37-12-18(43)15(2)46-26(19)38-23)40-28(39-24)45-13-29-5-4-7-42(29)10-9-41(3)27(29)44/h11,15,18,37H,4-10,12-13,36H2,1-3H3/t15-,18-,29-/m0/s1. The minimum absolute atomic E-state index is 0.0688. The number of benzene rings is 1. The molecule has 3 fully saturated rings. The van der Waals surface area contributed by atoms with Crippen LogP contribution < -0.4 is 25.4 Å². The smallest absolute Gasteiger partial charge is 0.417 e. The molecular formula is C30H33F5N8O3. The molecule has 1 aromatic carbocycles. The van der Waals surface area contributed by atoms with Crippen LogP contribution in [0.1, 0.15) is 30.9 Å². The fourth-order valence-corrected chi connectivity index (χ4v) is 7.31. The van der Waals surface area contributed by atoms with E-state index in [1.165, 1.54) is 0 Å². The number of nitrogens with one attached hydrogen (secondary N) is 1. The molecule has 0 spiro atoms. The predicted octanol–water partition coefficient (Wildman–Crippen LogP) is 3.12. The molecule has 246 valence electrons. The number of hydrogen-bond donors (Lipinski definition) is 2. The Morgan fingerprint density at radius 2 is 1.93 bits per heavy atom. The second-order valence-corrected chi connectivity index (χ2v) is 12.4. The number of anilines is 2. The first-order valence-corrected chi connectivity index (χ1v) is 15.2. The van der Waals surface area contributed by atoms with Gasteiger partial charge in [0.25, 0.3) is 0 Å². The minimum Gasteiger partial charge on any atom is -0.472 e. The third-order valence-corrected chi connectivity index (χ3v) is 9.69. The van der Waals surface area contributed by atoms with Crippen molar-refractivity contribution in [1.29, 1.82) is 0 Å². The molecule has 4 aliphatic heterocycles. The number of pyridine rings is 1. The number of alkyl halides is 3. The number of nitrogen functional groups attached to an aromatic ring is 1. The molecule has 2 aromatic heterocycles. The molecule has 0 radical (unpaired) electrons. The van der Waals surface area contributed by atoms with E-state index in [1.807, 2.05) is 4.90 Å². The van der Waals surface area contributed by atoms with Gasteiger partial charge in [0.2, 0.25) is 11.8 Å². The molecule has 0 unspecified atom stereocenters. The highest BCUT2D eigenvalue weighted by molar-refractivity contribution is 5.97. The zero-order chi connectivity index (χ0) is 32.7. The Morgan fingerprint density at radius 1 is 1.15 bits per heavy atom. The van der Waals surface area contributed by atoms with Crippen molar-refractivity contribution >= 4 is 28.3 Å². The van der Waals surface area contributed by atoms with Crippen LogP contribution in [0.3, 0.4) is 0 Å². The summed E-state index contributed by atoms with van der Waals surface area (Å²) in [6, 6.07) is 0.179. The highest BCUT2D eigenvalue weighted by atomic mass is 19.4. The Kier molecular flexibility index (Phi) is 7.15. The van der Waals surface area contributed by atoms with E-state index in [1.54, 1.807) is 18.9 Å². The molecule has 3 saturated heterocycles. The molecule has 0 aliphatic carbocycles. The number of ether oxygens (including phenoxy) is 2. The van der Waals surface area contributed by atoms with Gasteiger partial charge in [0.15, 0.2) is 5.82 Å². The van der Waals surface area contributed by atoms with Crippen LogP contribution in [0.5, 0.6) is 11.9 Å². The molecule has 3 N–H and O–H groups in total. The number of piperazine rings is 2. The molecule has 3 aromatic rings.